The summed E-state index contributed by atoms with van der Waals surface area (Å²) in [6, 6.07) is 10.9. The van der Waals surface area contributed by atoms with Gasteiger partial charge >= 0.3 is 0 Å². The molecule has 6 nitrogen and oxygen atoms in total. The Labute approximate surface area is 220 Å². The standard InChI is InChI=1S/C31H40N4O2/c36-17-12-28-29-26(21-35(28)20-22-10-11-22)19-27(31(37)32-13-16-34-14-3-4-15-34)33-30(29)25-9-5-8-24(18-25)23-6-1-2-7-23/h5-6,8-9,18-19,22,28,36H,1-4,7,10-17,20-21H2,(H,32,37)/t28-/m1/s1. The van der Waals surface area contributed by atoms with Gasteiger partial charge in [0.2, 0.25) is 0 Å². The molecule has 1 atom stereocenters. The predicted molar refractivity (Wildman–Crippen MR) is 147 cm³/mol. The fraction of sp³-hybridized carbons (Fsp3) is 0.548. The molecule has 2 N–H and O–H groups in total. The van der Waals surface area contributed by atoms with E-state index in [1.807, 2.05) is 6.07 Å². The summed E-state index contributed by atoms with van der Waals surface area (Å²) >= 11 is 0. The fourth-order valence-corrected chi connectivity index (χ4v) is 6.46. The van der Waals surface area contributed by atoms with Crippen LogP contribution in [0.4, 0.5) is 0 Å². The van der Waals surface area contributed by atoms with Crippen molar-refractivity contribution in [3.8, 4) is 11.3 Å². The molecule has 6 heteroatoms. The SMILES string of the molecule is O=C(NCCN1CCCC1)c1cc2c(c(-c3cccc(C4=CCCC4)c3)n1)[C@@H](CCO)N(CC1CC1)C2. The summed E-state index contributed by atoms with van der Waals surface area (Å²) < 4.78 is 0. The van der Waals surface area contributed by atoms with Gasteiger partial charge in [0.1, 0.15) is 5.69 Å². The minimum absolute atomic E-state index is 0.0859. The average molecular weight is 501 g/mol. The Hall–Kier alpha value is -2.54. The summed E-state index contributed by atoms with van der Waals surface area (Å²) in [4.78, 5) is 23.3. The Morgan fingerprint density at radius 1 is 1.11 bits per heavy atom. The fourth-order valence-electron chi connectivity index (χ4n) is 6.46. The number of amides is 1. The molecular weight excluding hydrogens is 460 g/mol. The third kappa shape index (κ3) is 5.52. The van der Waals surface area contributed by atoms with Crippen molar-refractivity contribution in [2.45, 2.75) is 64.0 Å². The Balaban J connectivity index is 1.33. The Morgan fingerprint density at radius 3 is 2.70 bits per heavy atom. The Bertz CT molecular complexity index is 1170. The van der Waals surface area contributed by atoms with Crippen LogP contribution in [-0.2, 0) is 6.54 Å². The smallest absolute Gasteiger partial charge is 0.269 e. The van der Waals surface area contributed by atoms with Crippen molar-refractivity contribution in [2.75, 3.05) is 39.3 Å². The van der Waals surface area contributed by atoms with E-state index in [4.69, 9.17) is 4.98 Å². The van der Waals surface area contributed by atoms with Gasteiger partial charge in [-0.2, -0.15) is 0 Å². The average Bonchev–Trinajstić information content (AvgIpc) is 3.30. The molecule has 4 aliphatic rings. The van der Waals surface area contributed by atoms with Crippen LogP contribution in [0.2, 0.25) is 0 Å². The molecule has 0 spiro atoms. The highest BCUT2D eigenvalue weighted by Crippen LogP contribution is 2.44. The molecule has 1 aromatic carbocycles. The lowest BCUT2D eigenvalue weighted by Gasteiger charge is -2.25. The highest BCUT2D eigenvalue weighted by Gasteiger charge is 2.37. The van der Waals surface area contributed by atoms with Crippen molar-refractivity contribution in [3.05, 3.63) is 58.8 Å². The number of rotatable bonds is 10. The highest BCUT2D eigenvalue weighted by atomic mass is 16.3. The van der Waals surface area contributed by atoms with Gasteiger partial charge in [0.15, 0.2) is 0 Å². The van der Waals surface area contributed by atoms with E-state index in [2.05, 4.69) is 45.5 Å². The maximum atomic E-state index is 13.3. The van der Waals surface area contributed by atoms with Crippen LogP contribution in [0, 0.1) is 5.92 Å². The van der Waals surface area contributed by atoms with Crippen molar-refractivity contribution in [1.82, 2.24) is 20.1 Å². The number of aromatic nitrogens is 1. The zero-order valence-corrected chi connectivity index (χ0v) is 21.9. The zero-order chi connectivity index (χ0) is 25.2. The number of allylic oxidation sites excluding steroid dienone is 2. The first-order chi connectivity index (χ1) is 18.2. The third-order valence-corrected chi connectivity index (χ3v) is 8.58. The maximum absolute atomic E-state index is 13.3. The minimum atomic E-state index is -0.0859. The number of pyridine rings is 1. The van der Waals surface area contributed by atoms with Gasteiger partial charge in [0.05, 0.1) is 5.69 Å². The van der Waals surface area contributed by atoms with Gasteiger partial charge in [0, 0.05) is 50.0 Å². The molecule has 1 aromatic heterocycles. The van der Waals surface area contributed by atoms with Gasteiger partial charge < -0.3 is 15.3 Å². The van der Waals surface area contributed by atoms with E-state index < -0.39 is 0 Å². The normalized spacial score (nSPS) is 21.9. The zero-order valence-electron chi connectivity index (χ0n) is 21.9. The number of carbonyl (C=O) groups is 1. The number of nitrogens with zero attached hydrogens (tertiary/aromatic N) is 3. The predicted octanol–water partition coefficient (Wildman–Crippen LogP) is 4.79. The topological polar surface area (TPSA) is 68.7 Å². The third-order valence-electron chi connectivity index (χ3n) is 8.58. The molecule has 0 unspecified atom stereocenters. The van der Waals surface area contributed by atoms with Crippen molar-refractivity contribution in [2.24, 2.45) is 5.92 Å². The molecule has 196 valence electrons. The van der Waals surface area contributed by atoms with Gasteiger partial charge in [-0.05, 0) is 99.2 Å². The van der Waals surface area contributed by atoms with E-state index in [9.17, 15) is 9.90 Å². The molecule has 37 heavy (non-hydrogen) atoms. The van der Waals surface area contributed by atoms with E-state index in [1.54, 1.807) is 0 Å². The summed E-state index contributed by atoms with van der Waals surface area (Å²) in [5.41, 5.74) is 7.58. The molecule has 2 fully saturated rings. The van der Waals surface area contributed by atoms with Gasteiger partial charge in [-0.25, -0.2) is 4.98 Å². The number of benzene rings is 1. The molecule has 0 radical (unpaired) electrons. The molecule has 6 rings (SSSR count). The number of hydrogen-bond acceptors (Lipinski definition) is 5. The molecule has 2 aliphatic heterocycles. The van der Waals surface area contributed by atoms with E-state index in [1.165, 1.54) is 54.4 Å². The van der Waals surface area contributed by atoms with Crippen LogP contribution in [0.1, 0.15) is 84.6 Å². The number of likely N-dealkylation sites (tertiary alicyclic amines) is 1. The van der Waals surface area contributed by atoms with Crippen LogP contribution >= 0.6 is 0 Å². The maximum Gasteiger partial charge on any atom is 0.269 e. The molecule has 0 bridgehead atoms. The molecule has 3 heterocycles. The first-order valence-corrected chi connectivity index (χ1v) is 14.4. The second-order valence-electron chi connectivity index (χ2n) is 11.3. The number of nitrogens with one attached hydrogen (secondary N) is 1. The van der Waals surface area contributed by atoms with Crippen molar-refractivity contribution in [3.63, 3.8) is 0 Å². The first kappa shape index (κ1) is 24.8. The molecule has 1 amide bonds. The highest BCUT2D eigenvalue weighted by molar-refractivity contribution is 5.93. The number of carbonyl (C=O) groups excluding carboxylic acids is 1. The summed E-state index contributed by atoms with van der Waals surface area (Å²) in [5, 5.41) is 13.1. The molecule has 1 saturated heterocycles. The summed E-state index contributed by atoms with van der Waals surface area (Å²) in [6.45, 7) is 5.84. The van der Waals surface area contributed by atoms with E-state index >= 15 is 0 Å². The summed E-state index contributed by atoms with van der Waals surface area (Å²) in [7, 11) is 0. The van der Waals surface area contributed by atoms with E-state index in [-0.39, 0.29) is 18.6 Å². The molecular formula is C31H40N4O2. The molecule has 2 aliphatic carbocycles. The number of hydrogen-bond donors (Lipinski definition) is 2. The van der Waals surface area contributed by atoms with Gasteiger partial charge in [-0.15, -0.1) is 0 Å². The Morgan fingerprint density at radius 2 is 1.95 bits per heavy atom. The lowest BCUT2D eigenvalue weighted by atomic mass is 9.93. The van der Waals surface area contributed by atoms with Crippen molar-refractivity contribution >= 4 is 11.5 Å². The van der Waals surface area contributed by atoms with E-state index in [0.29, 0.717) is 18.7 Å². The largest absolute Gasteiger partial charge is 0.396 e. The lowest BCUT2D eigenvalue weighted by Crippen LogP contribution is -2.34. The second-order valence-corrected chi connectivity index (χ2v) is 11.3. The Kier molecular flexibility index (Phi) is 7.41. The van der Waals surface area contributed by atoms with Crippen LogP contribution < -0.4 is 5.32 Å². The van der Waals surface area contributed by atoms with Crippen molar-refractivity contribution < 1.29 is 9.90 Å². The van der Waals surface area contributed by atoms with Gasteiger partial charge in [-0.1, -0.05) is 24.3 Å². The van der Waals surface area contributed by atoms with Crippen LogP contribution in [-0.4, -0.2) is 65.1 Å². The number of fused-ring (bicyclic) bond motifs is 1. The van der Waals surface area contributed by atoms with Crippen molar-refractivity contribution in [1.29, 1.82) is 0 Å². The lowest BCUT2D eigenvalue weighted by molar-refractivity contribution is 0.0944. The van der Waals surface area contributed by atoms with Crippen LogP contribution in [0.5, 0.6) is 0 Å². The van der Waals surface area contributed by atoms with Crippen LogP contribution in [0.15, 0.2) is 36.4 Å². The summed E-state index contributed by atoms with van der Waals surface area (Å²) in [5.74, 6) is 0.676. The monoisotopic (exact) mass is 500 g/mol. The number of aliphatic hydroxyl groups excluding tert-OH is 1. The van der Waals surface area contributed by atoms with Crippen LogP contribution in [0.3, 0.4) is 0 Å². The quantitative estimate of drug-likeness (QED) is 0.491. The van der Waals surface area contributed by atoms with E-state index in [0.717, 1.165) is 62.7 Å². The molecule has 2 aromatic rings. The number of aliphatic hydroxyl groups is 1. The van der Waals surface area contributed by atoms with Crippen LogP contribution in [0.25, 0.3) is 16.8 Å². The van der Waals surface area contributed by atoms with Gasteiger partial charge in [0.25, 0.3) is 5.91 Å². The first-order valence-electron chi connectivity index (χ1n) is 14.4. The molecule has 1 saturated carbocycles. The second kappa shape index (κ2) is 11.1. The minimum Gasteiger partial charge on any atom is -0.396 e. The van der Waals surface area contributed by atoms with Gasteiger partial charge in [-0.3, -0.25) is 9.69 Å². The summed E-state index contributed by atoms with van der Waals surface area (Å²) in [6.07, 6.45) is 11.6.